The summed E-state index contributed by atoms with van der Waals surface area (Å²) in [6.45, 7) is 0. The molecular weight excluding hydrogens is 268 g/mol. The Morgan fingerprint density at radius 1 is 1.00 bits per heavy atom. The molecule has 0 aliphatic carbocycles. The molecule has 0 atom stereocenters. The van der Waals surface area contributed by atoms with Gasteiger partial charge in [0, 0.05) is 6.20 Å². The molecular formula is C15H14N4O2. The van der Waals surface area contributed by atoms with Gasteiger partial charge in [0.05, 0.1) is 23.7 Å². The maximum atomic E-state index is 6.01. The van der Waals surface area contributed by atoms with Gasteiger partial charge in [-0.25, -0.2) is 9.97 Å². The van der Waals surface area contributed by atoms with Crippen LogP contribution in [0, 0.1) is 0 Å². The van der Waals surface area contributed by atoms with Crippen LogP contribution in [0.2, 0.25) is 0 Å². The molecule has 0 radical (unpaired) electrons. The molecule has 1 aromatic heterocycles. The van der Waals surface area contributed by atoms with Gasteiger partial charge < -0.3 is 20.9 Å². The molecule has 1 heterocycles. The Kier molecular flexibility index (Phi) is 3.19. The first kappa shape index (κ1) is 13.0. The lowest BCUT2D eigenvalue weighted by Gasteiger charge is -2.13. The number of methoxy groups -OCH3 is 1. The van der Waals surface area contributed by atoms with Crippen molar-refractivity contribution < 1.29 is 9.47 Å². The molecule has 6 heteroatoms. The predicted octanol–water partition coefficient (Wildman–Crippen LogP) is 2.60. The Bertz CT molecular complexity index is 805. The zero-order chi connectivity index (χ0) is 14.8. The second kappa shape index (κ2) is 5.16. The van der Waals surface area contributed by atoms with Crippen molar-refractivity contribution in [2.75, 3.05) is 18.6 Å². The van der Waals surface area contributed by atoms with E-state index in [1.54, 1.807) is 31.5 Å². The van der Waals surface area contributed by atoms with E-state index in [-0.39, 0.29) is 5.95 Å². The minimum absolute atomic E-state index is 0.204. The molecule has 0 saturated heterocycles. The van der Waals surface area contributed by atoms with Gasteiger partial charge >= 0.3 is 0 Å². The number of benzene rings is 2. The topological polar surface area (TPSA) is 96.3 Å². The fourth-order valence-electron chi connectivity index (χ4n) is 2.04. The normalized spacial score (nSPS) is 10.5. The Labute approximate surface area is 121 Å². The van der Waals surface area contributed by atoms with E-state index >= 15 is 0 Å². The van der Waals surface area contributed by atoms with Gasteiger partial charge in [-0.05, 0) is 24.3 Å². The minimum Gasteiger partial charge on any atom is -0.493 e. The third-order valence-electron chi connectivity index (χ3n) is 3.05. The van der Waals surface area contributed by atoms with Gasteiger partial charge in [-0.2, -0.15) is 0 Å². The molecule has 0 fully saturated rings. The molecule has 0 saturated carbocycles. The van der Waals surface area contributed by atoms with Crippen LogP contribution in [-0.4, -0.2) is 17.1 Å². The summed E-state index contributed by atoms with van der Waals surface area (Å²) in [5, 5.41) is 0.690. The average Bonchev–Trinajstić information content (AvgIpc) is 2.50. The first-order chi connectivity index (χ1) is 10.2. The fraction of sp³-hybridized carbons (Fsp3) is 0.0667. The second-order valence-corrected chi connectivity index (χ2v) is 4.40. The lowest BCUT2D eigenvalue weighted by Crippen LogP contribution is -1.98. The van der Waals surface area contributed by atoms with Crippen LogP contribution in [0.1, 0.15) is 0 Å². The van der Waals surface area contributed by atoms with Crippen molar-refractivity contribution in [3.8, 4) is 17.2 Å². The standard InChI is InChI=1S/C15H14N4O2/c1-20-12-4-2-3-5-13(12)21-14-9-8-18-15(17)19-11(9)7-6-10(14)16/h2-8H,16H2,1H3,(H2,17,18,19). The Hall–Kier alpha value is -3.02. The Morgan fingerprint density at radius 3 is 2.52 bits per heavy atom. The summed E-state index contributed by atoms with van der Waals surface area (Å²) < 4.78 is 11.2. The van der Waals surface area contributed by atoms with Crippen LogP contribution in [-0.2, 0) is 0 Å². The number of aromatic nitrogens is 2. The van der Waals surface area contributed by atoms with E-state index in [2.05, 4.69) is 9.97 Å². The first-order valence-corrected chi connectivity index (χ1v) is 6.30. The maximum absolute atomic E-state index is 6.01. The monoisotopic (exact) mass is 282 g/mol. The number of fused-ring (bicyclic) bond motifs is 1. The predicted molar refractivity (Wildman–Crippen MR) is 81.4 cm³/mol. The molecule has 0 spiro atoms. The maximum Gasteiger partial charge on any atom is 0.220 e. The zero-order valence-corrected chi connectivity index (χ0v) is 11.4. The van der Waals surface area contributed by atoms with E-state index < -0.39 is 0 Å². The highest BCUT2D eigenvalue weighted by atomic mass is 16.5. The van der Waals surface area contributed by atoms with Crippen LogP contribution in [0.4, 0.5) is 11.6 Å². The average molecular weight is 282 g/mol. The van der Waals surface area contributed by atoms with Gasteiger partial charge in [0.1, 0.15) is 0 Å². The molecule has 6 nitrogen and oxygen atoms in total. The van der Waals surface area contributed by atoms with Crippen molar-refractivity contribution in [2.24, 2.45) is 0 Å². The van der Waals surface area contributed by atoms with Crippen LogP contribution in [0.5, 0.6) is 17.2 Å². The van der Waals surface area contributed by atoms with Crippen molar-refractivity contribution in [1.29, 1.82) is 0 Å². The highest BCUT2D eigenvalue weighted by molar-refractivity contribution is 5.90. The van der Waals surface area contributed by atoms with Gasteiger partial charge in [0.25, 0.3) is 0 Å². The van der Waals surface area contributed by atoms with Crippen molar-refractivity contribution in [3.05, 3.63) is 42.6 Å². The summed E-state index contributed by atoms with van der Waals surface area (Å²) in [7, 11) is 1.58. The number of ether oxygens (including phenoxy) is 2. The van der Waals surface area contributed by atoms with E-state index in [9.17, 15) is 0 Å². The van der Waals surface area contributed by atoms with E-state index in [4.69, 9.17) is 20.9 Å². The van der Waals surface area contributed by atoms with Crippen LogP contribution in [0.25, 0.3) is 10.9 Å². The highest BCUT2D eigenvalue weighted by Gasteiger charge is 2.12. The van der Waals surface area contributed by atoms with E-state index in [1.807, 2.05) is 18.2 Å². The lowest BCUT2D eigenvalue weighted by molar-refractivity contribution is 0.380. The minimum atomic E-state index is 0.204. The first-order valence-electron chi connectivity index (χ1n) is 6.30. The molecule has 2 aromatic carbocycles. The molecule has 3 aromatic rings. The number of nitrogens with two attached hydrogens (primary N) is 2. The molecule has 0 aliphatic heterocycles. The van der Waals surface area contributed by atoms with Gasteiger partial charge in [0.2, 0.25) is 5.95 Å². The third kappa shape index (κ3) is 2.38. The smallest absolute Gasteiger partial charge is 0.220 e. The summed E-state index contributed by atoms with van der Waals surface area (Å²) in [6, 6.07) is 10.8. The SMILES string of the molecule is COc1ccccc1Oc1c(N)ccc2nc(N)ncc12. The van der Waals surface area contributed by atoms with Crippen LogP contribution in [0.3, 0.4) is 0 Å². The number of rotatable bonds is 3. The van der Waals surface area contributed by atoms with Crippen LogP contribution >= 0.6 is 0 Å². The second-order valence-electron chi connectivity index (χ2n) is 4.40. The van der Waals surface area contributed by atoms with Crippen LogP contribution in [0.15, 0.2) is 42.6 Å². The highest BCUT2D eigenvalue weighted by Crippen LogP contribution is 2.38. The largest absolute Gasteiger partial charge is 0.493 e. The lowest BCUT2D eigenvalue weighted by atomic mass is 10.2. The molecule has 3 rings (SSSR count). The van der Waals surface area contributed by atoms with Crippen molar-refractivity contribution in [1.82, 2.24) is 9.97 Å². The Balaban J connectivity index is 2.13. The number of para-hydroxylation sites is 2. The van der Waals surface area contributed by atoms with E-state index in [0.717, 1.165) is 0 Å². The summed E-state index contributed by atoms with van der Waals surface area (Å²) in [6.07, 6.45) is 1.60. The molecule has 0 aliphatic rings. The van der Waals surface area contributed by atoms with Gasteiger partial charge in [-0.1, -0.05) is 12.1 Å². The van der Waals surface area contributed by atoms with Gasteiger partial charge in [0.15, 0.2) is 17.2 Å². The Morgan fingerprint density at radius 2 is 1.76 bits per heavy atom. The van der Waals surface area contributed by atoms with Crippen molar-refractivity contribution in [3.63, 3.8) is 0 Å². The third-order valence-corrected chi connectivity index (χ3v) is 3.05. The number of hydrogen-bond donors (Lipinski definition) is 2. The van der Waals surface area contributed by atoms with E-state index in [0.29, 0.717) is 33.8 Å². The van der Waals surface area contributed by atoms with Crippen molar-refractivity contribution in [2.45, 2.75) is 0 Å². The number of hydrogen-bond acceptors (Lipinski definition) is 6. The number of nitrogen functional groups attached to an aromatic ring is 2. The van der Waals surface area contributed by atoms with Gasteiger partial charge in [-0.3, -0.25) is 0 Å². The summed E-state index contributed by atoms with van der Waals surface area (Å²) >= 11 is 0. The summed E-state index contributed by atoms with van der Waals surface area (Å²) in [4.78, 5) is 8.15. The van der Waals surface area contributed by atoms with Crippen LogP contribution < -0.4 is 20.9 Å². The zero-order valence-electron chi connectivity index (χ0n) is 11.4. The molecule has 0 amide bonds. The summed E-state index contributed by atoms with van der Waals surface area (Å²) in [5.74, 6) is 1.87. The molecule has 21 heavy (non-hydrogen) atoms. The van der Waals surface area contributed by atoms with E-state index in [1.165, 1.54) is 0 Å². The molecule has 4 N–H and O–H groups in total. The fourth-order valence-corrected chi connectivity index (χ4v) is 2.04. The number of anilines is 2. The summed E-state index contributed by atoms with van der Waals surface area (Å²) in [5.41, 5.74) is 12.8. The van der Waals surface area contributed by atoms with Crippen molar-refractivity contribution >= 4 is 22.5 Å². The quantitative estimate of drug-likeness (QED) is 0.717. The molecule has 106 valence electrons. The molecule has 0 unspecified atom stereocenters. The van der Waals surface area contributed by atoms with Gasteiger partial charge in [-0.15, -0.1) is 0 Å². The number of nitrogens with zero attached hydrogens (tertiary/aromatic N) is 2. The molecule has 0 bridgehead atoms.